The zero-order valence-corrected chi connectivity index (χ0v) is 13.6. The number of hydrogen-bond donors (Lipinski definition) is 1. The Labute approximate surface area is 131 Å². The van der Waals surface area contributed by atoms with Crippen LogP contribution in [0.5, 0.6) is 5.75 Å². The number of ether oxygens (including phenoxy) is 2. The molecule has 0 fully saturated rings. The van der Waals surface area contributed by atoms with E-state index in [9.17, 15) is 9.59 Å². The third-order valence-corrected chi connectivity index (χ3v) is 2.85. The molecule has 0 radical (unpaired) electrons. The molecule has 122 valence electrons. The smallest absolute Gasteiger partial charge is 0.243 e. The Kier molecular flexibility index (Phi) is 7.39. The molecular weight excluding hydrogens is 284 g/mol. The average molecular weight is 308 g/mol. The minimum Gasteiger partial charge on any atom is -0.491 e. The number of carbonyl (C=O) groups excluding carboxylic acids is 2. The Balaban J connectivity index is 2.54. The minimum absolute atomic E-state index is 0.00292. The maximum Gasteiger partial charge on any atom is 0.243 e. The number of carbonyl (C=O) groups is 2. The second-order valence-corrected chi connectivity index (χ2v) is 5.17. The van der Waals surface area contributed by atoms with Crippen LogP contribution in [-0.4, -0.2) is 49.6 Å². The van der Waals surface area contributed by atoms with Gasteiger partial charge >= 0.3 is 0 Å². The Hall–Kier alpha value is -2.08. The fraction of sp³-hybridized carbons (Fsp3) is 0.500. The summed E-state index contributed by atoms with van der Waals surface area (Å²) in [6.45, 7) is 6.12. The van der Waals surface area contributed by atoms with Gasteiger partial charge in [-0.05, 0) is 38.1 Å². The van der Waals surface area contributed by atoms with E-state index in [1.807, 2.05) is 13.8 Å². The molecule has 0 bridgehead atoms. The summed E-state index contributed by atoms with van der Waals surface area (Å²) >= 11 is 0. The van der Waals surface area contributed by atoms with Crippen molar-refractivity contribution in [3.63, 3.8) is 0 Å². The molecule has 22 heavy (non-hydrogen) atoms. The van der Waals surface area contributed by atoms with E-state index < -0.39 is 0 Å². The number of nitrogens with one attached hydrogen (secondary N) is 1. The minimum atomic E-state index is -0.246. The fourth-order valence-corrected chi connectivity index (χ4v) is 1.81. The van der Waals surface area contributed by atoms with Crippen LogP contribution >= 0.6 is 0 Å². The van der Waals surface area contributed by atoms with E-state index in [1.165, 1.54) is 11.8 Å². The van der Waals surface area contributed by atoms with Crippen LogP contribution in [-0.2, 0) is 14.3 Å². The van der Waals surface area contributed by atoms with E-state index in [1.54, 1.807) is 31.4 Å². The monoisotopic (exact) mass is 308 g/mol. The molecule has 0 atom stereocenters. The second kappa shape index (κ2) is 9.04. The molecule has 0 saturated carbocycles. The van der Waals surface area contributed by atoms with Crippen LogP contribution in [0.1, 0.15) is 20.8 Å². The van der Waals surface area contributed by atoms with Crippen molar-refractivity contribution < 1.29 is 19.1 Å². The predicted octanol–water partition coefficient (Wildman–Crippen LogP) is 1.91. The lowest BCUT2D eigenvalue weighted by molar-refractivity contribution is -0.133. The standard InChI is InChI=1S/C16H24N2O4/c1-12(2)22-15-7-5-14(6-8-15)17-16(20)11-18(13(3)19)9-10-21-4/h5-8,12H,9-11H2,1-4H3,(H,17,20). The van der Waals surface area contributed by atoms with Gasteiger partial charge in [-0.15, -0.1) is 0 Å². The van der Waals surface area contributed by atoms with Gasteiger partial charge in [0, 0.05) is 26.3 Å². The number of nitrogens with zero attached hydrogens (tertiary/aromatic N) is 1. The van der Waals surface area contributed by atoms with Crippen LogP contribution in [0.25, 0.3) is 0 Å². The Bertz CT molecular complexity index is 485. The maximum absolute atomic E-state index is 12.0. The Morgan fingerprint density at radius 2 is 1.86 bits per heavy atom. The Morgan fingerprint density at radius 1 is 1.23 bits per heavy atom. The summed E-state index contributed by atoms with van der Waals surface area (Å²) in [5, 5.41) is 2.76. The molecule has 0 spiro atoms. The molecule has 6 heteroatoms. The molecule has 0 heterocycles. The highest BCUT2D eigenvalue weighted by atomic mass is 16.5. The average Bonchev–Trinajstić information content (AvgIpc) is 2.44. The van der Waals surface area contributed by atoms with Gasteiger partial charge in [-0.1, -0.05) is 0 Å². The van der Waals surface area contributed by atoms with E-state index >= 15 is 0 Å². The largest absolute Gasteiger partial charge is 0.491 e. The first-order chi connectivity index (χ1) is 10.4. The van der Waals surface area contributed by atoms with E-state index in [0.29, 0.717) is 18.8 Å². The van der Waals surface area contributed by atoms with Gasteiger partial charge in [-0.2, -0.15) is 0 Å². The van der Waals surface area contributed by atoms with Crippen LogP contribution < -0.4 is 10.1 Å². The van der Waals surface area contributed by atoms with Gasteiger partial charge in [0.1, 0.15) is 5.75 Å². The predicted molar refractivity (Wildman–Crippen MR) is 85.0 cm³/mol. The molecule has 0 aliphatic carbocycles. The summed E-state index contributed by atoms with van der Waals surface area (Å²) in [7, 11) is 1.55. The first-order valence-corrected chi connectivity index (χ1v) is 7.23. The molecule has 0 unspecified atom stereocenters. The highest BCUT2D eigenvalue weighted by Crippen LogP contribution is 2.16. The molecular formula is C16H24N2O4. The molecule has 1 N–H and O–H groups in total. The van der Waals surface area contributed by atoms with Crippen LogP contribution in [0.3, 0.4) is 0 Å². The molecule has 2 amide bonds. The van der Waals surface area contributed by atoms with Crippen LogP contribution in [0.4, 0.5) is 5.69 Å². The molecule has 0 aliphatic heterocycles. The Morgan fingerprint density at radius 3 is 2.36 bits per heavy atom. The van der Waals surface area contributed by atoms with Crippen LogP contribution in [0, 0.1) is 0 Å². The topological polar surface area (TPSA) is 67.9 Å². The van der Waals surface area contributed by atoms with Gasteiger partial charge in [0.25, 0.3) is 0 Å². The third kappa shape index (κ3) is 6.58. The number of hydrogen-bond acceptors (Lipinski definition) is 4. The molecule has 1 aromatic carbocycles. The molecule has 6 nitrogen and oxygen atoms in total. The summed E-state index contributed by atoms with van der Waals surface area (Å²) in [5.74, 6) is 0.343. The first kappa shape index (κ1) is 18.0. The summed E-state index contributed by atoms with van der Waals surface area (Å²) in [6.07, 6.45) is 0.102. The molecule has 1 rings (SSSR count). The number of methoxy groups -OCH3 is 1. The van der Waals surface area contributed by atoms with Gasteiger partial charge < -0.3 is 19.7 Å². The summed E-state index contributed by atoms with van der Waals surface area (Å²) < 4.78 is 10.5. The van der Waals surface area contributed by atoms with Crippen LogP contribution in [0.15, 0.2) is 24.3 Å². The fourth-order valence-electron chi connectivity index (χ4n) is 1.81. The van der Waals surface area contributed by atoms with Gasteiger partial charge in [0.15, 0.2) is 0 Å². The van der Waals surface area contributed by atoms with E-state index in [-0.39, 0.29) is 24.5 Å². The van der Waals surface area contributed by atoms with E-state index in [0.717, 1.165) is 5.75 Å². The highest BCUT2D eigenvalue weighted by molar-refractivity contribution is 5.94. The number of benzene rings is 1. The quantitative estimate of drug-likeness (QED) is 0.796. The highest BCUT2D eigenvalue weighted by Gasteiger charge is 2.13. The molecule has 0 aliphatic rings. The summed E-state index contributed by atoms with van der Waals surface area (Å²) in [4.78, 5) is 24.9. The zero-order chi connectivity index (χ0) is 16.5. The molecule has 1 aromatic rings. The maximum atomic E-state index is 12.0. The summed E-state index contributed by atoms with van der Waals surface area (Å²) in [5.41, 5.74) is 0.663. The van der Waals surface area contributed by atoms with E-state index in [2.05, 4.69) is 5.32 Å². The SMILES string of the molecule is COCCN(CC(=O)Nc1ccc(OC(C)C)cc1)C(C)=O. The van der Waals surface area contributed by atoms with Crippen molar-refractivity contribution >= 4 is 17.5 Å². The second-order valence-electron chi connectivity index (χ2n) is 5.17. The number of anilines is 1. The first-order valence-electron chi connectivity index (χ1n) is 7.23. The van der Waals surface area contributed by atoms with Crippen molar-refractivity contribution in [1.29, 1.82) is 0 Å². The zero-order valence-electron chi connectivity index (χ0n) is 13.6. The lowest BCUT2D eigenvalue weighted by Crippen LogP contribution is -2.38. The van der Waals surface area contributed by atoms with Crippen molar-refractivity contribution in [2.24, 2.45) is 0 Å². The van der Waals surface area contributed by atoms with Crippen molar-refractivity contribution in [2.45, 2.75) is 26.9 Å². The van der Waals surface area contributed by atoms with Crippen molar-refractivity contribution in [2.75, 3.05) is 32.1 Å². The number of amides is 2. The summed E-state index contributed by atoms with van der Waals surface area (Å²) in [6, 6.07) is 7.12. The van der Waals surface area contributed by atoms with Gasteiger partial charge in [0.2, 0.25) is 11.8 Å². The van der Waals surface area contributed by atoms with Gasteiger partial charge in [0.05, 0.1) is 19.3 Å². The third-order valence-electron chi connectivity index (χ3n) is 2.85. The van der Waals surface area contributed by atoms with Crippen molar-refractivity contribution in [3.8, 4) is 5.75 Å². The van der Waals surface area contributed by atoms with Crippen LogP contribution in [0.2, 0.25) is 0 Å². The lowest BCUT2D eigenvalue weighted by Gasteiger charge is -2.20. The number of rotatable bonds is 8. The molecule has 0 aromatic heterocycles. The van der Waals surface area contributed by atoms with E-state index in [4.69, 9.17) is 9.47 Å². The molecule has 0 saturated heterocycles. The lowest BCUT2D eigenvalue weighted by atomic mass is 10.3. The van der Waals surface area contributed by atoms with Gasteiger partial charge in [-0.3, -0.25) is 9.59 Å². The normalized spacial score (nSPS) is 10.4. The van der Waals surface area contributed by atoms with Crippen molar-refractivity contribution in [1.82, 2.24) is 4.90 Å². The van der Waals surface area contributed by atoms with Crippen molar-refractivity contribution in [3.05, 3.63) is 24.3 Å². The van der Waals surface area contributed by atoms with Gasteiger partial charge in [-0.25, -0.2) is 0 Å².